The average Bonchev–Trinajstić information content (AvgIpc) is 2.51. The summed E-state index contributed by atoms with van der Waals surface area (Å²) in [7, 11) is 0. The average molecular weight is 304 g/mol. The third-order valence-corrected chi connectivity index (χ3v) is 7.14. The molecule has 3 heteroatoms. The number of nitrogens with zero attached hydrogens (tertiary/aromatic N) is 1. The molecule has 3 nitrogen and oxygen atoms in total. The van der Waals surface area contributed by atoms with Crippen molar-refractivity contribution in [3.05, 3.63) is 0 Å². The van der Waals surface area contributed by atoms with Gasteiger partial charge in [-0.3, -0.25) is 0 Å². The molecule has 1 aliphatic heterocycles. The topological polar surface area (TPSA) is 32.3 Å². The van der Waals surface area contributed by atoms with E-state index in [2.05, 4.69) is 17.1 Å². The van der Waals surface area contributed by atoms with Crippen LogP contribution in [0.15, 0.2) is 0 Å². The zero-order valence-corrected chi connectivity index (χ0v) is 14.2. The molecule has 0 spiro atoms. The van der Waals surface area contributed by atoms with Gasteiger partial charge in [0.2, 0.25) is 0 Å². The van der Waals surface area contributed by atoms with Crippen molar-refractivity contribution >= 4 is 6.03 Å². The molecular weight excluding hydrogens is 272 g/mol. The van der Waals surface area contributed by atoms with Crippen LogP contribution in [-0.4, -0.2) is 30.1 Å². The van der Waals surface area contributed by atoms with Crippen LogP contribution in [0.2, 0.25) is 0 Å². The fourth-order valence-corrected chi connectivity index (χ4v) is 6.56. The lowest BCUT2D eigenvalue weighted by atomic mass is 9.49. The third-order valence-electron chi connectivity index (χ3n) is 7.14. The molecule has 2 amide bonds. The summed E-state index contributed by atoms with van der Waals surface area (Å²) in [6.07, 6.45) is 13.4. The van der Waals surface area contributed by atoms with Crippen LogP contribution < -0.4 is 5.32 Å². The molecule has 5 aliphatic rings. The number of carbonyl (C=O) groups is 1. The summed E-state index contributed by atoms with van der Waals surface area (Å²) in [4.78, 5) is 14.8. The van der Waals surface area contributed by atoms with Crippen molar-refractivity contribution in [2.75, 3.05) is 13.1 Å². The Balaban J connectivity index is 1.37. The van der Waals surface area contributed by atoms with Gasteiger partial charge in [-0.25, -0.2) is 4.79 Å². The van der Waals surface area contributed by atoms with E-state index in [4.69, 9.17) is 0 Å². The van der Waals surface area contributed by atoms with Gasteiger partial charge in [-0.2, -0.15) is 0 Å². The Labute approximate surface area is 135 Å². The Bertz CT molecular complexity index is 398. The lowest BCUT2D eigenvalue weighted by molar-refractivity contribution is -0.0504. The second-order valence-electron chi connectivity index (χ2n) is 8.83. The van der Waals surface area contributed by atoms with Crippen LogP contribution in [0.4, 0.5) is 4.79 Å². The number of likely N-dealkylation sites (tertiary alicyclic amines) is 1. The van der Waals surface area contributed by atoms with Crippen LogP contribution in [0.25, 0.3) is 0 Å². The third kappa shape index (κ3) is 2.65. The van der Waals surface area contributed by atoms with Crippen molar-refractivity contribution in [1.82, 2.24) is 10.2 Å². The minimum atomic E-state index is 0.224. The monoisotopic (exact) mass is 304 g/mol. The maximum Gasteiger partial charge on any atom is 0.317 e. The molecule has 5 rings (SSSR count). The Morgan fingerprint density at radius 2 is 1.73 bits per heavy atom. The van der Waals surface area contributed by atoms with Crippen LogP contribution in [-0.2, 0) is 0 Å². The van der Waals surface area contributed by atoms with Gasteiger partial charge in [0.25, 0.3) is 0 Å². The van der Waals surface area contributed by atoms with E-state index < -0.39 is 0 Å². The van der Waals surface area contributed by atoms with E-state index in [1.807, 2.05) is 0 Å². The van der Waals surface area contributed by atoms with Crippen LogP contribution in [0.1, 0.15) is 71.1 Å². The number of hydrogen-bond donors (Lipinski definition) is 1. The summed E-state index contributed by atoms with van der Waals surface area (Å²) in [6, 6.07) is 0.701. The van der Waals surface area contributed by atoms with Gasteiger partial charge in [0, 0.05) is 19.1 Å². The van der Waals surface area contributed by atoms with E-state index in [-0.39, 0.29) is 6.03 Å². The number of piperidine rings is 1. The Hall–Kier alpha value is -0.730. The van der Waals surface area contributed by atoms with Gasteiger partial charge in [-0.1, -0.05) is 6.92 Å². The highest BCUT2D eigenvalue weighted by Gasteiger charge is 2.50. The van der Waals surface area contributed by atoms with E-state index in [1.54, 1.807) is 0 Å². The molecule has 124 valence electrons. The molecule has 5 fully saturated rings. The number of urea groups is 1. The van der Waals surface area contributed by atoms with E-state index in [1.165, 1.54) is 57.8 Å². The summed E-state index contributed by atoms with van der Waals surface area (Å²) in [6.45, 7) is 4.13. The summed E-state index contributed by atoms with van der Waals surface area (Å²) >= 11 is 0. The molecule has 0 radical (unpaired) electrons. The number of amides is 2. The zero-order chi connectivity index (χ0) is 15.2. The van der Waals surface area contributed by atoms with Crippen molar-refractivity contribution in [3.63, 3.8) is 0 Å². The summed E-state index contributed by atoms with van der Waals surface area (Å²) in [5.41, 5.74) is 0.460. The minimum absolute atomic E-state index is 0.224. The van der Waals surface area contributed by atoms with Crippen LogP contribution in [0, 0.1) is 23.2 Å². The van der Waals surface area contributed by atoms with Gasteiger partial charge in [0.15, 0.2) is 0 Å². The van der Waals surface area contributed by atoms with Crippen LogP contribution in [0.3, 0.4) is 0 Å². The molecule has 0 aromatic carbocycles. The number of rotatable bonds is 3. The highest BCUT2D eigenvalue weighted by molar-refractivity contribution is 5.74. The van der Waals surface area contributed by atoms with E-state index >= 15 is 0 Å². The lowest BCUT2D eigenvalue weighted by Crippen LogP contribution is -2.54. The molecular formula is C19H32N2O. The quantitative estimate of drug-likeness (QED) is 0.833. The zero-order valence-electron chi connectivity index (χ0n) is 14.2. The molecule has 1 heterocycles. The van der Waals surface area contributed by atoms with Gasteiger partial charge in [0.05, 0.1) is 0 Å². The molecule has 4 bridgehead atoms. The first kappa shape index (κ1) is 14.8. The Morgan fingerprint density at radius 1 is 1.09 bits per heavy atom. The maximum atomic E-state index is 12.7. The van der Waals surface area contributed by atoms with Gasteiger partial charge in [-0.05, 0) is 87.4 Å². The van der Waals surface area contributed by atoms with Crippen molar-refractivity contribution in [2.24, 2.45) is 23.2 Å². The second kappa shape index (κ2) is 5.72. The van der Waals surface area contributed by atoms with Gasteiger partial charge < -0.3 is 10.2 Å². The number of hydrogen-bond acceptors (Lipinski definition) is 1. The predicted octanol–water partition coefficient (Wildman–Crippen LogP) is 4.18. The molecule has 4 aliphatic carbocycles. The molecule has 4 saturated carbocycles. The lowest BCUT2D eigenvalue weighted by Gasteiger charge is -2.57. The van der Waals surface area contributed by atoms with E-state index in [0.717, 1.165) is 37.3 Å². The summed E-state index contributed by atoms with van der Waals surface area (Å²) < 4.78 is 0. The van der Waals surface area contributed by atoms with Crippen molar-refractivity contribution in [3.8, 4) is 0 Å². The van der Waals surface area contributed by atoms with Gasteiger partial charge in [0.1, 0.15) is 0 Å². The minimum Gasteiger partial charge on any atom is -0.337 e. The van der Waals surface area contributed by atoms with Gasteiger partial charge in [-0.15, -0.1) is 0 Å². The molecule has 0 aromatic rings. The molecule has 1 saturated heterocycles. The first-order valence-corrected chi connectivity index (χ1v) is 9.72. The molecule has 1 N–H and O–H groups in total. The first-order valence-electron chi connectivity index (χ1n) is 9.72. The normalized spacial score (nSPS) is 43.4. The fourth-order valence-electron chi connectivity index (χ4n) is 6.56. The second-order valence-corrected chi connectivity index (χ2v) is 8.83. The van der Waals surface area contributed by atoms with Crippen molar-refractivity contribution in [2.45, 2.75) is 77.2 Å². The molecule has 1 atom stereocenters. The van der Waals surface area contributed by atoms with Crippen LogP contribution in [0.5, 0.6) is 0 Å². The largest absolute Gasteiger partial charge is 0.337 e. The molecule has 1 unspecified atom stereocenters. The number of nitrogens with one attached hydrogen (secondary N) is 1. The Kier molecular flexibility index (Phi) is 3.86. The SMILES string of the molecule is CCC1CCCCN1C(=O)NCC12CC3CC(CC(C3)C1)C2. The standard InChI is InChI=1S/C19H32N2O/c1-2-17-5-3-4-6-21(17)18(22)20-13-19-10-14-7-15(11-19)9-16(8-14)12-19/h14-17H,2-13H2,1H3,(H,20,22). The van der Waals surface area contributed by atoms with Crippen LogP contribution >= 0.6 is 0 Å². The van der Waals surface area contributed by atoms with Crippen molar-refractivity contribution in [1.29, 1.82) is 0 Å². The van der Waals surface area contributed by atoms with E-state index in [9.17, 15) is 4.79 Å². The Morgan fingerprint density at radius 3 is 2.32 bits per heavy atom. The fraction of sp³-hybridized carbons (Fsp3) is 0.947. The predicted molar refractivity (Wildman–Crippen MR) is 88.6 cm³/mol. The van der Waals surface area contributed by atoms with E-state index in [0.29, 0.717) is 11.5 Å². The molecule has 0 aromatic heterocycles. The summed E-state index contributed by atoms with van der Waals surface area (Å²) in [5, 5.41) is 3.36. The summed E-state index contributed by atoms with van der Waals surface area (Å²) in [5.74, 6) is 2.92. The smallest absolute Gasteiger partial charge is 0.317 e. The first-order chi connectivity index (χ1) is 10.7. The van der Waals surface area contributed by atoms with Crippen molar-refractivity contribution < 1.29 is 4.79 Å². The maximum absolute atomic E-state index is 12.7. The molecule has 22 heavy (non-hydrogen) atoms. The highest BCUT2D eigenvalue weighted by Crippen LogP contribution is 2.59. The number of carbonyl (C=O) groups excluding carboxylic acids is 1. The van der Waals surface area contributed by atoms with Gasteiger partial charge >= 0.3 is 6.03 Å². The highest BCUT2D eigenvalue weighted by atomic mass is 16.2.